The second kappa shape index (κ2) is 13.8. The summed E-state index contributed by atoms with van der Waals surface area (Å²) in [4.78, 5) is 27.5. The number of rotatable bonds is 6. The molecule has 0 fully saturated rings. The topological polar surface area (TPSA) is 88.1 Å². The molecular weight excluding hydrogens is 732 g/mol. The lowest BCUT2D eigenvalue weighted by Crippen LogP contribution is -2.32. The smallest absolute Gasteiger partial charge is 0.425 e. The van der Waals surface area contributed by atoms with Crippen molar-refractivity contribution in [1.82, 2.24) is 0 Å². The van der Waals surface area contributed by atoms with Gasteiger partial charge in [0.05, 0.1) is 0 Å². The second-order valence-corrected chi connectivity index (χ2v) is 21.4. The van der Waals surface area contributed by atoms with Crippen LogP contribution in [0.25, 0.3) is 0 Å². The van der Waals surface area contributed by atoms with Crippen LogP contribution in [-0.2, 0) is 41.2 Å². The molecule has 0 radical (unpaired) electrons. The first kappa shape index (κ1) is 42.1. The van der Waals surface area contributed by atoms with E-state index in [-0.39, 0.29) is 33.6 Å². The molecule has 0 N–H and O–H groups in total. The van der Waals surface area contributed by atoms with E-state index in [2.05, 4.69) is 107 Å². The van der Waals surface area contributed by atoms with Crippen LogP contribution in [0.5, 0.6) is 23.0 Å². The van der Waals surface area contributed by atoms with Gasteiger partial charge in [-0.3, -0.25) is 9.59 Å². The van der Waals surface area contributed by atoms with E-state index in [1.165, 1.54) is 0 Å². The molecule has 57 heavy (non-hydrogen) atoms. The van der Waals surface area contributed by atoms with E-state index in [9.17, 15) is 14.2 Å². The third-order valence-corrected chi connectivity index (χ3v) is 12.3. The Kier molecular flexibility index (Phi) is 10.2. The number of ether oxygens (including phenoxy) is 2. The Morgan fingerprint density at radius 2 is 1.02 bits per heavy atom. The SMILES string of the molecule is Cc1cc(C2C(=O)Oc3c2cc(C(C)(C)C)cc3C(C)(C)C)cc(C)c1O[P+](=O)Oc1c(C)cc(C2(C)C(=O)Oc3c(C(C)(C)C)cc(C(C)(C)C)cc32)cc1C. The molecule has 2 aliphatic rings. The van der Waals surface area contributed by atoms with Crippen LogP contribution in [0.4, 0.5) is 0 Å². The standard InChI is InChI=1S/C49H60O7P/c1-26-18-30(38-34-22-31(45(5,6)7)23-35(47(11,12)13)41(34)53-43(38)50)19-27(2)39(26)55-57(52)56-40-28(3)20-33(21-29(40)4)49(17)37-25-32(46(8,9)10)24-36(48(14,15)16)42(37)54-44(49)51/h18-25,38H,1-17H3/q+1. The van der Waals surface area contributed by atoms with E-state index >= 15 is 0 Å². The number of aryl methyl sites for hydroxylation is 4. The van der Waals surface area contributed by atoms with Gasteiger partial charge >= 0.3 is 20.2 Å². The highest BCUT2D eigenvalue weighted by Gasteiger charge is 2.50. The number of benzene rings is 4. The molecule has 2 heterocycles. The lowest BCUT2D eigenvalue weighted by molar-refractivity contribution is -0.136. The highest BCUT2D eigenvalue weighted by molar-refractivity contribution is 7.34. The summed E-state index contributed by atoms with van der Waals surface area (Å²) in [6.07, 6.45) is 0. The summed E-state index contributed by atoms with van der Waals surface area (Å²) in [5.41, 5.74) is 8.61. The van der Waals surface area contributed by atoms with Crippen molar-refractivity contribution in [2.24, 2.45) is 0 Å². The fraction of sp³-hybridized carbons (Fsp3) is 0.469. The maximum Gasteiger partial charge on any atom is 0.805 e. The number of hydrogen-bond acceptors (Lipinski definition) is 7. The van der Waals surface area contributed by atoms with Gasteiger partial charge in [0, 0.05) is 26.8 Å². The zero-order valence-corrected chi connectivity index (χ0v) is 37.9. The van der Waals surface area contributed by atoms with E-state index in [0.717, 1.165) is 55.6 Å². The molecule has 0 aromatic heterocycles. The zero-order valence-electron chi connectivity index (χ0n) is 37.0. The quantitative estimate of drug-likeness (QED) is 0.109. The van der Waals surface area contributed by atoms with Crippen LogP contribution in [0.2, 0.25) is 0 Å². The van der Waals surface area contributed by atoms with E-state index in [0.29, 0.717) is 34.1 Å². The van der Waals surface area contributed by atoms with Gasteiger partial charge < -0.3 is 9.47 Å². The number of hydrogen-bond donors (Lipinski definition) is 0. The van der Waals surface area contributed by atoms with Crippen molar-refractivity contribution in [1.29, 1.82) is 0 Å². The summed E-state index contributed by atoms with van der Waals surface area (Å²) in [6, 6.07) is 16.2. The molecule has 7 nitrogen and oxygen atoms in total. The molecule has 3 atom stereocenters. The molecule has 0 saturated carbocycles. The number of carbonyl (C=O) groups excluding carboxylic acids is 2. The Balaban J connectivity index is 1.30. The summed E-state index contributed by atoms with van der Waals surface area (Å²) >= 11 is 0. The van der Waals surface area contributed by atoms with Crippen molar-refractivity contribution < 1.29 is 32.7 Å². The summed E-state index contributed by atoms with van der Waals surface area (Å²) in [6.45, 7) is 35.3. The van der Waals surface area contributed by atoms with Crippen LogP contribution in [0.3, 0.4) is 0 Å². The molecule has 2 aliphatic heterocycles. The molecule has 0 aliphatic carbocycles. The van der Waals surface area contributed by atoms with E-state index in [4.69, 9.17) is 18.5 Å². The van der Waals surface area contributed by atoms with Crippen LogP contribution in [0.1, 0.15) is 163 Å². The summed E-state index contributed by atoms with van der Waals surface area (Å²) in [5, 5.41) is 0. The molecule has 0 bridgehead atoms. The van der Waals surface area contributed by atoms with Crippen LogP contribution in [-0.4, -0.2) is 11.9 Å². The van der Waals surface area contributed by atoms with Crippen molar-refractivity contribution in [2.75, 3.05) is 0 Å². The first-order chi connectivity index (χ1) is 26.0. The first-order valence-electron chi connectivity index (χ1n) is 19.9. The lowest BCUT2D eigenvalue weighted by atomic mass is 9.72. The Morgan fingerprint density at radius 3 is 1.47 bits per heavy atom. The number of esters is 2. The third kappa shape index (κ3) is 7.53. The van der Waals surface area contributed by atoms with Crippen molar-refractivity contribution in [2.45, 2.75) is 151 Å². The fourth-order valence-electron chi connectivity index (χ4n) is 8.10. The average Bonchev–Trinajstić information content (AvgIpc) is 3.53. The Morgan fingerprint density at radius 1 is 0.579 bits per heavy atom. The maximum atomic E-state index is 13.9. The number of carbonyl (C=O) groups is 2. The molecule has 302 valence electrons. The minimum atomic E-state index is -2.66. The van der Waals surface area contributed by atoms with Gasteiger partial charge in [-0.05, 0) is 101 Å². The van der Waals surface area contributed by atoms with Crippen LogP contribution >= 0.6 is 8.25 Å². The second-order valence-electron chi connectivity index (χ2n) is 20.5. The Labute approximate surface area is 340 Å². The van der Waals surface area contributed by atoms with Crippen molar-refractivity contribution in [3.05, 3.63) is 115 Å². The normalized spacial score (nSPS) is 18.5. The molecular formula is C49H60O7P+. The molecule has 4 aromatic rings. The van der Waals surface area contributed by atoms with Gasteiger partial charge in [0.2, 0.25) is 0 Å². The minimum absolute atomic E-state index is 0.130. The van der Waals surface area contributed by atoms with Gasteiger partial charge in [0.15, 0.2) is 11.5 Å². The average molecular weight is 792 g/mol. The van der Waals surface area contributed by atoms with Gasteiger partial charge in [-0.1, -0.05) is 132 Å². The molecule has 0 saturated heterocycles. The molecule has 6 rings (SSSR count). The van der Waals surface area contributed by atoms with Gasteiger partial charge in [-0.25, -0.2) is 9.05 Å². The van der Waals surface area contributed by atoms with Crippen LogP contribution in [0.15, 0.2) is 48.5 Å². The van der Waals surface area contributed by atoms with Gasteiger partial charge in [0.25, 0.3) is 0 Å². The molecule has 3 unspecified atom stereocenters. The van der Waals surface area contributed by atoms with Crippen LogP contribution in [0, 0.1) is 27.7 Å². The van der Waals surface area contributed by atoms with Gasteiger partial charge in [-0.2, -0.15) is 0 Å². The van der Waals surface area contributed by atoms with E-state index in [1.807, 2.05) is 58.9 Å². The lowest BCUT2D eigenvalue weighted by Gasteiger charge is -2.29. The highest BCUT2D eigenvalue weighted by atomic mass is 31.1. The van der Waals surface area contributed by atoms with Crippen molar-refractivity contribution in [3.63, 3.8) is 0 Å². The molecule has 4 aromatic carbocycles. The largest absolute Gasteiger partial charge is 0.805 e. The first-order valence-corrected chi connectivity index (χ1v) is 21.0. The molecule has 0 spiro atoms. The van der Waals surface area contributed by atoms with Gasteiger partial charge in [-0.15, -0.1) is 0 Å². The Bertz CT molecular complexity index is 2310. The van der Waals surface area contributed by atoms with Crippen LogP contribution < -0.4 is 18.5 Å². The molecule has 8 heteroatoms. The summed E-state index contributed by atoms with van der Waals surface area (Å²) < 4.78 is 37.8. The fourth-order valence-corrected chi connectivity index (χ4v) is 9.01. The summed E-state index contributed by atoms with van der Waals surface area (Å²) in [7, 11) is -2.66. The van der Waals surface area contributed by atoms with E-state index < -0.39 is 19.6 Å². The van der Waals surface area contributed by atoms with E-state index in [1.54, 1.807) is 0 Å². The minimum Gasteiger partial charge on any atom is -0.425 e. The predicted octanol–water partition coefficient (Wildman–Crippen LogP) is 12.5. The van der Waals surface area contributed by atoms with Crippen molar-refractivity contribution in [3.8, 4) is 23.0 Å². The summed E-state index contributed by atoms with van der Waals surface area (Å²) in [5.74, 6) is 0.880. The highest BCUT2D eigenvalue weighted by Crippen LogP contribution is 2.52. The molecule has 0 amide bonds. The third-order valence-electron chi connectivity index (χ3n) is 11.6. The monoisotopic (exact) mass is 791 g/mol. The predicted molar refractivity (Wildman–Crippen MR) is 228 cm³/mol. The Hall–Kier alpha value is -4.48. The zero-order chi connectivity index (χ0) is 42.5. The number of fused-ring (bicyclic) bond motifs is 2. The van der Waals surface area contributed by atoms with Gasteiger partial charge in [0.1, 0.15) is 22.8 Å². The van der Waals surface area contributed by atoms with Crippen molar-refractivity contribution >= 4 is 20.2 Å². The maximum absolute atomic E-state index is 13.9.